The highest BCUT2D eigenvalue weighted by molar-refractivity contribution is 5.82. The Hall–Kier alpha value is -3.47. The lowest BCUT2D eigenvalue weighted by molar-refractivity contribution is -0.148. The van der Waals surface area contributed by atoms with Crippen molar-refractivity contribution in [3.63, 3.8) is 0 Å². The van der Waals surface area contributed by atoms with Crippen molar-refractivity contribution in [3.8, 4) is 17.2 Å². The van der Waals surface area contributed by atoms with Crippen LogP contribution in [0.2, 0.25) is 0 Å². The van der Waals surface area contributed by atoms with Gasteiger partial charge in [-0.15, -0.1) is 0 Å². The minimum Gasteiger partial charge on any atom is -0.489 e. The average molecular weight is 470 g/mol. The van der Waals surface area contributed by atoms with E-state index in [2.05, 4.69) is 49.1 Å². The predicted molar refractivity (Wildman–Crippen MR) is 134 cm³/mol. The zero-order chi connectivity index (χ0) is 24.0. The van der Waals surface area contributed by atoms with Gasteiger partial charge >= 0.3 is 0 Å². The predicted octanol–water partition coefficient (Wildman–Crippen LogP) is 5.16. The molecule has 0 spiro atoms. The van der Waals surface area contributed by atoms with E-state index in [1.807, 2.05) is 42.5 Å². The topological polar surface area (TPSA) is 48.0 Å². The number of hydrogen-bond donors (Lipinski definition) is 0. The van der Waals surface area contributed by atoms with Crippen molar-refractivity contribution < 1.29 is 19.0 Å². The molecule has 2 bridgehead atoms. The number of hydrogen-bond acceptors (Lipinski definition) is 4. The first kappa shape index (κ1) is 22.0. The van der Waals surface area contributed by atoms with Crippen LogP contribution in [0.1, 0.15) is 37.0 Å². The molecule has 1 fully saturated rings. The molecule has 2 aliphatic heterocycles. The third-order valence-corrected chi connectivity index (χ3v) is 8.30. The lowest BCUT2D eigenvalue weighted by Crippen LogP contribution is -2.62. The summed E-state index contributed by atoms with van der Waals surface area (Å²) in [6.07, 6.45) is 1.16. The Bertz CT molecular complexity index is 1240. The summed E-state index contributed by atoms with van der Waals surface area (Å²) in [6, 6.07) is 24.4. The summed E-state index contributed by atoms with van der Waals surface area (Å²) in [5.41, 5.74) is 3.84. The molecule has 3 aromatic carbocycles. The van der Waals surface area contributed by atoms with Crippen LogP contribution in [0.15, 0.2) is 72.8 Å². The second-order valence-electron chi connectivity index (χ2n) is 10.2. The zero-order valence-corrected chi connectivity index (χ0v) is 20.3. The van der Waals surface area contributed by atoms with Crippen LogP contribution in [0.5, 0.6) is 17.2 Å². The van der Waals surface area contributed by atoms with E-state index in [9.17, 15) is 4.79 Å². The van der Waals surface area contributed by atoms with Crippen molar-refractivity contribution in [2.75, 3.05) is 13.2 Å². The number of amides is 1. The van der Waals surface area contributed by atoms with Gasteiger partial charge in [0, 0.05) is 12.6 Å². The molecule has 0 aromatic heterocycles. The average Bonchev–Trinajstić information content (AvgIpc) is 2.89. The summed E-state index contributed by atoms with van der Waals surface area (Å²) >= 11 is 0. The number of carbonyl (C=O) groups is 1. The molecule has 3 aromatic rings. The number of fused-ring (bicyclic) bond motifs is 5. The van der Waals surface area contributed by atoms with Gasteiger partial charge in [0.2, 0.25) is 6.10 Å². The molecule has 1 amide bonds. The fraction of sp³-hybridized carbons (Fsp3) is 0.367. The number of ether oxygens (including phenoxy) is 3. The molecule has 6 rings (SSSR count). The molecule has 1 saturated heterocycles. The van der Waals surface area contributed by atoms with Gasteiger partial charge in [-0.1, -0.05) is 62.4 Å². The molecule has 4 atom stereocenters. The molecule has 3 aliphatic rings. The second kappa shape index (κ2) is 8.63. The Morgan fingerprint density at radius 3 is 2.66 bits per heavy atom. The minimum absolute atomic E-state index is 0.00231. The second-order valence-corrected chi connectivity index (χ2v) is 10.2. The van der Waals surface area contributed by atoms with Crippen LogP contribution >= 0.6 is 0 Å². The maximum absolute atomic E-state index is 13.6. The highest BCUT2D eigenvalue weighted by atomic mass is 16.6. The number of nitrogens with zero attached hydrogens (tertiary/aromatic N) is 1. The smallest absolute Gasteiger partial charge is 0.267 e. The van der Waals surface area contributed by atoms with Crippen molar-refractivity contribution in [2.45, 2.75) is 50.9 Å². The Labute approximate surface area is 206 Å². The summed E-state index contributed by atoms with van der Waals surface area (Å²) in [5, 5.41) is 0. The van der Waals surface area contributed by atoms with E-state index in [0.29, 0.717) is 24.0 Å². The number of para-hydroxylation sites is 2. The normalized spacial score (nSPS) is 26.6. The SMILES string of the molecule is C[C@H]1[C@H]2Cc3ccc(OCc4ccccc4)cc3[C@]1(C)CCN2C(=O)[C@H]1COc2ccccc2O1. The minimum atomic E-state index is -0.600. The van der Waals surface area contributed by atoms with E-state index in [1.54, 1.807) is 0 Å². The van der Waals surface area contributed by atoms with Gasteiger partial charge in [0.05, 0.1) is 0 Å². The molecule has 5 nitrogen and oxygen atoms in total. The highest BCUT2D eigenvalue weighted by Gasteiger charge is 2.51. The fourth-order valence-corrected chi connectivity index (χ4v) is 6.03. The van der Waals surface area contributed by atoms with Gasteiger partial charge in [-0.25, -0.2) is 0 Å². The summed E-state index contributed by atoms with van der Waals surface area (Å²) in [5.74, 6) is 2.61. The number of likely N-dealkylation sites (tertiary alicyclic amines) is 1. The quantitative estimate of drug-likeness (QED) is 0.530. The van der Waals surface area contributed by atoms with Gasteiger partial charge in [0.1, 0.15) is 19.0 Å². The third-order valence-electron chi connectivity index (χ3n) is 8.30. The zero-order valence-electron chi connectivity index (χ0n) is 20.3. The number of rotatable bonds is 4. The van der Waals surface area contributed by atoms with Crippen molar-refractivity contribution >= 4 is 5.91 Å². The maximum atomic E-state index is 13.6. The number of piperidine rings is 1. The number of carbonyl (C=O) groups excluding carboxylic acids is 1. The van der Waals surface area contributed by atoms with Gasteiger partial charge in [-0.05, 0) is 65.1 Å². The highest BCUT2D eigenvalue weighted by Crippen LogP contribution is 2.49. The van der Waals surface area contributed by atoms with E-state index in [1.165, 1.54) is 11.1 Å². The van der Waals surface area contributed by atoms with Gasteiger partial charge in [0.15, 0.2) is 11.5 Å². The largest absolute Gasteiger partial charge is 0.489 e. The van der Waals surface area contributed by atoms with Crippen LogP contribution < -0.4 is 14.2 Å². The molecular formula is C30H31NO4. The van der Waals surface area contributed by atoms with E-state index >= 15 is 0 Å². The lowest BCUT2D eigenvalue weighted by atomic mass is 9.59. The Morgan fingerprint density at radius 1 is 1.06 bits per heavy atom. The van der Waals surface area contributed by atoms with Gasteiger partial charge < -0.3 is 19.1 Å². The van der Waals surface area contributed by atoms with E-state index in [4.69, 9.17) is 14.2 Å². The molecule has 0 unspecified atom stereocenters. The molecule has 2 heterocycles. The van der Waals surface area contributed by atoms with Crippen LogP contribution in [-0.2, 0) is 23.2 Å². The summed E-state index contributed by atoms with van der Waals surface area (Å²) in [6.45, 7) is 6.17. The summed E-state index contributed by atoms with van der Waals surface area (Å²) in [4.78, 5) is 15.7. The standard InChI is InChI=1S/C30H31NO4/c1-20-25-16-22-12-13-23(33-18-21-8-4-3-5-9-21)17-24(22)30(20,2)14-15-31(25)29(32)28-19-34-26-10-6-7-11-27(26)35-28/h3-13,17,20,25,28H,14-16,18-19H2,1-2H3/t20-,25+,28+,30+/m0/s1. The fourth-order valence-electron chi connectivity index (χ4n) is 6.03. The van der Waals surface area contributed by atoms with Crippen LogP contribution in [0.25, 0.3) is 0 Å². The molecule has 1 aliphatic carbocycles. The van der Waals surface area contributed by atoms with Gasteiger partial charge in [-0.3, -0.25) is 4.79 Å². The van der Waals surface area contributed by atoms with E-state index in [0.717, 1.165) is 30.7 Å². The lowest BCUT2D eigenvalue weighted by Gasteiger charge is -2.55. The molecular weight excluding hydrogens is 438 g/mol. The molecule has 0 radical (unpaired) electrons. The molecule has 35 heavy (non-hydrogen) atoms. The molecule has 5 heteroatoms. The van der Waals surface area contributed by atoms with Crippen LogP contribution in [0.3, 0.4) is 0 Å². The maximum Gasteiger partial charge on any atom is 0.267 e. The Morgan fingerprint density at radius 2 is 1.83 bits per heavy atom. The van der Waals surface area contributed by atoms with E-state index in [-0.39, 0.29) is 24.0 Å². The van der Waals surface area contributed by atoms with Crippen molar-refractivity contribution in [1.29, 1.82) is 0 Å². The molecule has 180 valence electrons. The van der Waals surface area contributed by atoms with Gasteiger partial charge in [0.25, 0.3) is 5.91 Å². The monoisotopic (exact) mass is 469 g/mol. The Kier molecular flexibility index (Phi) is 5.43. The van der Waals surface area contributed by atoms with Crippen LogP contribution in [0, 0.1) is 5.92 Å². The molecule has 0 saturated carbocycles. The van der Waals surface area contributed by atoms with Gasteiger partial charge in [-0.2, -0.15) is 0 Å². The molecule has 0 N–H and O–H groups in total. The van der Waals surface area contributed by atoms with Crippen LogP contribution in [0.4, 0.5) is 0 Å². The van der Waals surface area contributed by atoms with Crippen molar-refractivity contribution in [2.24, 2.45) is 5.92 Å². The van der Waals surface area contributed by atoms with Crippen LogP contribution in [-0.4, -0.2) is 36.1 Å². The van der Waals surface area contributed by atoms with E-state index < -0.39 is 6.10 Å². The summed E-state index contributed by atoms with van der Waals surface area (Å²) in [7, 11) is 0. The number of benzene rings is 3. The first-order valence-electron chi connectivity index (χ1n) is 12.5. The first-order chi connectivity index (χ1) is 17.0. The van der Waals surface area contributed by atoms with Crippen molar-refractivity contribution in [1.82, 2.24) is 4.90 Å². The third kappa shape index (κ3) is 3.83. The first-order valence-corrected chi connectivity index (χ1v) is 12.5. The van der Waals surface area contributed by atoms with Crippen molar-refractivity contribution in [3.05, 3.63) is 89.5 Å². The Balaban J connectivity index is 1.21. The summed E-state index contributed by atoms with van der Waals surface area (Å²) < 4.78 is 18.0.